The van der Waals surface area contributed by atoms with Crippen LogP contribution in [-0.2, 0) is 4.74 Å². The van der Waals surface area contributed by atoms with E-state index >= 15 is 0 Å². The Bertz CT molecular complexity index is 206. The van der Waals surface area contributed by atoms with Crippen LogP contribution < -0.4 is 0 Å². The van der Waals surface area contributed by atoms with E-state index in [1.807, 2.05) is 0 Å². The van der Waals surface area contributed by atoms with E-state index in [0.29, 0.717) is 4.86 Å². The maximum Gasteiger partial charge on any atom is 0.132 e. The summed E-state index contributed by atoms with van der Waals surface area (Å²) in [5, 5.41) is 9.07. The van der Waals surface area contributed by atoms with Crippen LogP contribution in [0.25, 0.3) is 0 Å². The Labute approximate surface area is 64.8 Å². The van der Waals surface area contributed by atoms with E-state index in [4.69, 9.17) is 22.1 Å². The van der Waals surface area contributed by atoms with Crippen molar-refractivity contribution in [1.29, 1.82) is 0 Å². The van der Waals surface area contributed by atoms with E-state index in [0.717, 1.165) is 0 Å². The largest absolute Gasteiger partial charge is 0.507 e. The van der Waals surface area contributed by atoms with Crippen LogP contribution in [0.1, 0.15) is 0 Å². The fourth-order valence-corrected chi connectivity index (χ4v) is 0.991. The van der Waals surface area contributed by atoms with Crippen molar-refractivity contribution >= 4 is 17.1 Å². The summed E-state index contributed by atoms with van der Waals surface area (Å²) in [7, 11) is 1.56. The van der Waals surface area contributed by atoms with Crippen molar-refractivity contribution in [2.24, 2.45) is 0 Å². The lowest BCUT2D eigenvalue weighted by Gasteiger charge is -2.13. The normalized spacial score (nSPS) is 24.7. The third-order valence-corrected chi connectivity index (χ3v) is 1.75. The Hall–Kier alpha value is -0.670. The van der Waals surface area contributed by atoms with E-state index < -0.39 is 0 Å². The van der Waals surface area contributed by atoms with Gasteiger partial charge in [-0.1, -0.05) is 24.4 Å². The summed E-state index contributed by atoms with van der Waals surface area (Å²) in [4.78, 5) is 0.449. The summed E-state index contributed by atoms with van der Waals surface area (Å²) in [6.45, 7) is 0. The average Bonchev–Trinajstić information content (AvgIpc) is 1.95. The summed E-state index contributed by atoms with van der Waals surface area (Å²) in [5.74, 6) is 0.129. The first kappa shape index (κ1) is 7.44. The molecule has 1 rings (SSSR count). The van der Waals surface area contributed by atoms with E-state index in [9.17, 15) is 0 Å². The predicted molar refractivity (Wildman–Crippen MR) is 43.2 cm³/mol. The molecule has 0 aromatic heterocycles. The molecule has 1 aliphatic carbocycles. The van der Waals surface area contributed by atoms with Crippen molar-refractivity contribution in [3.8, 4) is 0 Å². The first-order valence-electron chi connectivity index (χ1n) is 2.90. The van der Waals surface area contributed by atoms with Crippen LogP contribution in [0.15, 0.2) is 24.0 Å². The molecule has 54 valence electrons. The Kier molecular flexibility index (Phi) is 2.19. The first-order chi connectivity index (χ1) is 4.75. The van der Waals surface area contributed by atoms with Crippen LogP contribution in [0.3, 0.4) is 0 Å². The van der Waals surface area contributed by atoms with Crippen molar-refractivity contribution in [3.05, 3.63) is 24.0 Å². The number of methoxy groups -OCH3 is 1. The van der Waals surface area contributed by atoms with Crippen LogP contribution in [0.5, 0.6) is 0 Å². The van der Waals surface area contributed by atoms with Gasteiger partial charge in [-0.2, -0.15) is 0 Å². The maximum absolute atomic E-state index is 9.07. The molecule has 0 spiro atoms. The number of hydrogen-bond acceptors (Lipinski definition) is 3. The third-order valence-electron chi connectivity index (χ3n) is 1.30. The third kappa shape index (κ3) is 1.25. The minimum absolute atomic E-state index is 0.129. The first-order valence-corrected chi connectivity index (χ1v) is 3.31. The zero-order valence-electron chi connectivity index (χ0n) is 5.57. The van der Waals surface area contributed by atoms with Crippen LogP contribution in [0.4, 0.5) is 0 Å². The number of aliphatic hydroxyl groups excluding tert-OH is 1. The molecule has 1 N–H and O–H groups in total. The van der Waals surface area contributed by atoms with E-state index in [-0.39, 0.29) is 11.9 Å². The molecule has 0 heterocycles. The van der Waals surface area contributed by atoms with Gasteiger partial charge in [-0.15, -0.1) is 0 Å². The molecule has 0 saturated carbocycles. The Morgan fingerprint density at radius 3 is 2.90 bits per heavy atom. The smallest absolute Gasteiger partial charge is 0.132 e. The summed E-state index contributed by atoms with van der Waals surface area (Å²) in [5.41, 5.74) is 0. The lowest BCUT2D eigenvalue weighted by molar-refractivity contribution is 0.190. The van der Waals surface area contributed by atoms with E-state index in [1.54, 1.807) is 25.3 Å². The molecule has 1 atom stereocenters. The molecule has 0 amide bonds. The Morgan fingerprint density at radius 1 is 1.70 bits per heavy atom. The topological polar surface area (TPSA) is 29.5 Å². The zero-order valence-corrected chi connectivity index (χ0v) is 6.39. The molecular weight excluding hydrogens is 148 g/mol. The second-order valence-electron chi connectivity index (χ2n) is 1.96. The molecule has 0 aromatic carbocycles. The molecule has 0 bridgehead atoms. The van der Waals surface area contributed by atoms with Crippen molar-refractivity contribution in [2.45, 2.75) is 6.10 Å². The second kappa shape index (κ2) is 2.94. The molecule has 0 saturated heterocycles. The van der Waals surface area contributed by atoms with E-state index in [1.165, 1.54) is 0 Å². The number of hydrogen-bond donors (Lipinski definition) is 1. The van der Waals surface area contributed by atoms with Gasteiger partial charge in [0.25, 0.3) is 0 Å². The highest BCUT2D eigenvalue weighted by atomic mass is 32.1. The van der Waals surface area contributed by atoms with Crippen LogP contribution in [0.2, 0.25) is 0 Å². The molecule has 3 heteroatoms. The number of ether oxygens (including phenoxy) is 1. The van der Waals surface area contributed by atoms with Crippen LogP contribution >= 0.6 is 12.2 Å². The number of rotatable bonds is 1. The lowest BCUT2D eigenvalue weighted by Crippen LogP contribution is -2.22. The average molecular weight is 156 g/mol. The van der Waals surface area contributed by atoms with Gasteiger partial charge in [0, 0.05) is 7.11 Å². The van der Waals surface area contributed by atoms with Crippen molar-refractivity contribution in [1.82, 2.24) is 0 Å². The minimum atomic E-state index is -0.236. The predicted octanol–water partition coefficient (Wildman–Crippen LogP) is 1.38. The fourth-order valence-electron chi connectivity index (χ4n) is 0.749. The van der Waals surface area contributed by atoms with Crippen molar-refractivity contribution in [2.75, 3.05) is 7.11 Å². The molecule has 0 aliphatic heterocycles. The van der Waals surface area contributed by atoms with Crippen LogP contribution in [-0.4, -0.2) is 23.2 Å². The van der Waals surface area contributed by atoms with Gasteiger partial charge < -0.3 is 9.84 Å². The highest BCUT2D eigenvalue weighted by Gasteiger charge is 2.15. The molecule has 0 fully saturated rings. The molecule has 10 heavy (non-hydrogen) atoms. The molecule has 2 nitrogen and oxygen atoms in total. The Morgan fingerprint density at radius 2 is 2.40 bits per heavy atom. The van der Waals surface area contributed by atoms with E-state index in [2.05, 4.69) is 0 Å². The lowest BCUT2D eigenvalue weighted by atomic mass is 10.1. The fraction of sp³-hybridized carbons (Fsp3) is 0.286. The van der Waals surface area contributed by atoms with Gasteiger partial charge in [-0.05, 0) is 6.08 Å². The summed E-state index contributed by atoms with van der Waals surface area (Å²) in [6, 6.07) is 0. The number of allylic oxidation sites excluding steroid dienone is 2. The molecule has 1 unspecified atom stereocenters. The van der Waals surface area contributed by atoms with Gasteiger partial charge in [0.2, 0.25) is 0 Å². The highest BCUT2D eigenvalue weighted by molar-refractivity contribution is 7.81. The number of thiocarbonyl (C=S) groups is 1. The second-order valence-corrected chi connectivity index (χ2v) is 2.40. The highest BCUT2D eigenvalue weighted by Crippen LogP contribution is 2.09. The SMILES string of the molecule is COC1C=CC=C(O)C1=S. The van der Waals surface area contributed by atoms with Gasteiger partial charge >= 0.3 is 0 Å². The standard InChI is InChI=1S/C7H8O2S/c1-9-6-4-2-3-5(8)7(6)10/h2-4,6,8H,1H3. The van der Waals surface area contributed by atoms with Gasteiger partial charge in [0.05, 0.1) is 4.86 Å². The van der Waals surface area contributed by atoms with Crippen molar-refractivity contribution < 1.29 is 9.84 Å². The minimum Gasteiger partial charge on any atom is -0.507 e. The molecular formula is C7H8O2S. The molecule has 0 radical (unpaired) electrons. The van der Waals surface area contributed by atoms with Gasteiger partial charge in [0.15, 0.2) is 0 Å². The summed E-state index contributed by atoms with van der Waals surface area (Å²) >= 11 is 4.85. The quantitative estimate of drug-likeness (QED) is 0.582. The monoisotopic (exact) mass is 156 g/mol. The van der Waals surface area contributed by atoms with Gasteiger partial charge in [-0.25, -0.2) is 0 Å². The zero-order chi connectivity index (χ0) is 7.56. The Balaban J connectivity index is 2.78. The van der Waals surface area contributed by atoms with Crippen molar-refractivity contribution in [3.63, 3.8) is 0 Å². The summed E-state index contributed by atoms with van der Waals surface area (Å²) in [6.07, 6.45) is 4.83. The number of aliphatic hydroxyl groups is 1. The van der Waals surface area contributed by atoms with Crippen LogP contribution in [0, 0.1) is 0 Å². The maximum atomic E-state index is 9.07. The molecule has 1 aliphatic rings. The molecule has 0 aromatic rings. The van der Waals surface area contributed by atoms with Gasteiger partial charge in [0.1, 0.15) is 11.9 Å². The van der Waals surface area contributed by atoms with Gasteiger partial charge in [-0.3, -0.25) is 0 Å². The summed E-state index contributed by atoms with van der Waals surface area (Å²) < 4.78 is 4.94.